The van der Waals surface area contributed by atoms with Crippen LogP contribution in [-0.2, 0) is 5.60 Å². The summed E-state index contributed by atoms with van der Waals surface area (Å²) in [5.41, 5.74) is 1.17. The summed E-state index contributed by atoms with van der Waals surface area (Å²) in [7, 11) is 0. The molecule has 1 aromatic heterocycles. The van der Waals surface area contributed by atoms with E-state index in [4.69, 9.17) is 0 Å². The van der Waals surface area contributed by atoms with E-state index in [9.17, 15) is 5.11 Å². The van der Waals surface area contributed by atoms with Gasteiger partial charge in [0.05, 0.1) is 10.4 Å². The van der Waals surface area contributed by atoms with Crippen molar-refractivity contribution in [1.82, 2.24) is 9.88 Å². The summed E-state index contributed by atoms with van der Waals surface area (Å²) in [6.45, 7) is 3.20. The molecule has 3 heterocycles. The quantitative estimate of drug-likeness (QED) is 0.856. The molecule has 2 fully saturated rings. The van der Waals surface area contributed by atoms with Gasteiger partial charge >= 0.3 is 0 Å². The van der Waals surface area contributed by atoms with E-state index in [1.807, 2.05) is 0 Å². The van der Waals surface area contributed by atoms with Crippen molar-refractivity contribution in [3.8, 4) is 0 Å². The van der Waals surface area contributed by atoms with Crippen molar-refractivity contribution in [2.75, 3.05) is 19.6 Å². The Kier molecular flexibility index (Phi) is 2.39. The van der Waals surface area contributed by atoms with Gasteiger partial charge in [0.2, 0.25) is 0 Å². The van der Waals surface area contributed by atoms with E-state index in [-0.39, 0.29) is 0 Å². The van der Waals surface area contributed by atoms with Gasteiger partial charge in [0, 0.05) is 19.0 Å². The van der Waals surface area contributed by atoms with Crippen molar-refractivity contribution < 1.29 is 5.11 Å². The first kappa shape index (κ1) is 10.2. The van der Waals surface area contributed by atoms with Crippen molar-refractivity contribution >= 4 is 27.3 Å². The topological polar surface area (TPSA) is 36.4 Å². The zero-order valence-electron chi connectivity index (χ0n) is 8.32. The second-order valence-electron chi connectivity index (χ2n) is 4.43. The maximum Gasteiger partial charge on any atom is 0.123 e. The average molecular weight is 289 g/mol. The number of fused-ring (bicyclic) bond motifs is 2. The first-order valence-electron chi connectivity index (χ1n) is 5.24. The van der Waals surface area contributed by atoms with Crippen LogP contribution in [0.5, 0.6) is 0 Å². The number of rotatable bonds is 1. The fourth-order valence-corrected chi connectivity index (χ4v) is 4.52. The molecule has 82 valence electrons. The van der Waals surface area contributed by atoms with Crippen molar-refractivity contribution in [2.45, 2.75) is 18.4 Å². The molecule has 2 saturated heterocycles. The molecule has 15 heavy (non-hydrogen) atoms. The minimum absolute atomic E-state index is 0.392. The molecule has 0 aromatic carbocycles. The number of hydrogen-bond donors (Lipinski definition) is 1. The van der Waals surface area contributed by atoms with E-state index >= 15 is 0 Å². The van der Waals surface area contributed by atoms with Crippen LogP contribution >= 0.6 is 27.3 Å². The molecule has 0 amide bonds. The van der Waals surface area contributed by atoms with Gasteiger partial charge in [-0.05, 0) is 35.3 Å². The Labute approximate surface area is 101 Å². The van der Waals surface area contributed by atoms with Crippen LogP contribution in [0.1, 0.15) is 17.7 Å². The Morgan fingerprint density at radius 2 is 2.47 bits per heavy atom. The molecule has 1 aromatic rings. The summed E-state index contributed by atoms with van der Waals surface area (Å²) in [5.74, 6) is 0.392. The lowest BCUT2D eigenvalue weighted by atomic mass is 9.81. The third-order valence-electron chi connectivity index (χ3n) is 3.67. The molecule has 0 aliphatic carbocycles. The predicted octanol–water partition coefficient (Wildman–Crippen LogP) is 1.82. The van der Waals surface area contributed by atoms with Crippen LogP contribution < -0.4 is 0 Å². The highest BCUT2D eigenvalue weighted by molar-refractivity contribution is 9.10. The van der Waals surface area contributed by atoms with Crippen molar-refractivity contribution in [3.63, 3.8) is 0 Å². The monoisotopic (exact) mass is 288 g/mol. The van der Waals surface area contributed by atoms with Crippen LogP contribution in [0.25, 0.3) is 0 Å². The maximum atomic E-state index is 10.8. The van der Waals surface area contributed by atoms with E-state index < -0.39 is 5.60 Å². The highest BCUT2D eigenvalue weighted by Crippen LogP contribution is 2.46. The molecular formula is C10H13BrN2OS. The summed E-state index contributed by atoms with van der Waals surface area (Å²) >= 11 is 5.00. The first-order chi connectivity index (χ1) is 7.20. The number of thiazole rings is 1. The summed E-state index contributed by atoms with van der Waals surface area (Å²) in [6, 6.07) is 0. The molecule has 3 unspecified atom stereocenters. The largest absolute Gasteiger partial charge is 0.384 e. The van der Waals surface area contributed by atoms with Gasteiger partial charge in [-0.1, -0.05) is 0 Å². The van der Waals surface area contributed by atoms with Crippen LogP contribution in [0.2, 0.25) is 0 Å². The number of aliphatic hydroxyl groups is 1. The van der Waals surface area contributed by atoms with Gasteiger partial charge < -0.3 is 10.0 Å². The third kappa shape index (κ3) is 1.48. The molecule has 2 aliphatic rings. The Hall–Kier alpha value is 0.0300. The second-order valence-corrected chi connectivity index (χ2v) is 6.04. The first-order valence-corrected chi connectivity index (χ1v) is 6.91. The Balaban J connectivity index is 1.99. The Morgan fingerprint density at radius 1 is 1.60 bits per heavy atom. The fourth-order valence-electron chi connectivity index (χ4n) is 2.77. The minimum Gasteiger partial charge on any atom is -0.384 e. The molecular weight excluding hydrogens is 276 g/mol. The van der Waals surface area contributed by atoms with Gasteiger partial charge in [0.1, 0.15) is 10.2 Å². The van der Waals surface area contributed by atoms with Crippen molar-refractivity contribution in [1.29, 1.82) is 0 Å². The van der Waals surface area contributed by atoms with Crippen molar-refractivity contribution in [2.24, 2.45) is 5.92 Å². The van der Waals surface area contributed by atoms with Crippen LogP contribution in [0.3, 0.4) is 0 Å². The summed E-state index contributed by atoms with van der Waals surface area (Å²) in [4.78, 5) is 7.64. The number of aromatic nitrogens is 1. The maximum absolute atomic E-state index is 10.8. The molecule has 0 radical (unpaired) electrons. The van der Waals surface area contributed by atoms with Crippen LogP contribution in [-0.4, -0.2) is 34.6 Å². The van der Waals surface area contributed by atoms with Crippen LogP contribution in [0.15, 0.2) is 10.1 Å². The molecule has 0 saturated carbocycles. The highest BCUT2D eigenvalue weighted by Gasteiger charge is 2.47. The zero-order valence-corrected chi connectivity index (χ0v) is 10.7. The standard InChI is InChI=1S/C10H13BrN2OS/c11-9-8(15-6-12-9)10(14)2-4-13-3-1-7(10)5-13/h6-7,14H,1-5H2. The number of piperidine rings is 1. The van der Waals surface area contributed by atoms with Gasteiger partial charge in [-0.25, -0.2) is 4.98 Å². The lowest BCUT2D eigenvalue weighted by Crippen LogP contribution is -2.43. The normalized spacial score (nSPS) is 39.6. The minimum atomic E-state index is -0.632. The lowest BCUT2D eigenvalue weighted by molar-refractivity contribution is -0.0478. The molecule has 2 bridgehead atoms. The van der Waals surface area contributed by atoms with Gasteiger partial charge in [0.25, 0.3) is 0 Å². The van der Waals surface area contributed by atoms with E-state index in [2.05, 4.69) is 25.8 Å². The Morgan fingerprint density at radius 3 is 3.20 bits per heavy atom. The molecule has 5 heteroatoms. The van der Waals surface area contributed by atoms with E-state index in [1.165, 1.54) is 0 Å². The average Bonchev–Trinajstić information content (AvgIpc) is 2.81. The molecule has 0 spiro atoms. The van der Waals surface area contributed by atoms with Gasteiger partial charge in [-0.3, -0.25) is 0 Å². The fraction of sp³-hybridized carbons (Fsp3) is 0.700. The van der Waals surface area contributed by atoms with E-state index in [1.54, 1.807) is 16.8 Å². The van der Waals surface area contributed by atoms with Gasteiger partial charge in [-0.15, -0.1) is 11.3 Å². The van der Waals surface area contributed by atoms with E-state index in [0.717, 1.165) is 42.0 Å². The number of nitrogens with zero attached hydrogens (tertiary/aromatic N) is 2. The summed E-state index contributed by atoms with van der Waals surface area (Å²) in [5, 5.41) is 10.8. The Bertz CT molecular complexity index is 383. The predicted molar refractivity (Wildman–Crippen MR) is 62.9 cm³/mol. The molecule has 2 aliphatic heterocycles. The third-order valence-corrected chi connectivity index (χ3v) is 5.53. The lowest BCUT2D eigenvalue weighted by Gasteiger charge is -2.38. The summed E-state index contributed by atoms with van der Waals surface area (Å²) < 4.78 is 0.829. The van der Waals surface area contributed by atoms with Crippen molar-refractivity contribution in [3.05, 3.63) is 15.0 Å². The SMILES string of the molecule is OC1(c2scnc2Br)CCN2CCC1C2. The number of halogens is 1. The van der Waals surface area contributed by atoms with Gasteiger partial charge in [0.15, 0.2) is 0 Å². The number of hydrogen-bond acceptors (Lipinski definition) is 4. The molecule has 3 rings (SSSR count). The molecule has 1 N–H and O–H groups in total. The molecule has 3 nitrogen and oxygen atoms in total. The van der Waals surface area contributed by atoms with E-state index in [0.29, 0.717) is 5.92 Å². The zero-order chi connectivity index (χ0) is 10.5. The summed E-state index contributed by atoms with van der Waals surface area (Å²) in [6.07, 6.45) is 1.96. The van der Waals surface area contributed by atoms with Crippen LogP contribution in [0, 0.1) is 5.92 Å². The smallest absolute Gasteiger partial charge is 0.123 e. The second kappa shape index (κ2) is 3.52. The highest BCUT2D eigenvalue weighted by atomic mass is 79.9. The van der Waals surface area contributed by atoms with Crippen LogP contribution in [0.4, 0.5) is 0 Å². The molecule has 3 atom stereocenters. The van der Waals surface area contributed by atoms with Gasteiger partial charge in [-0.2, -0.15) is 0 Å².